The lowest BCUT2D eigenvalue weighted by molar-refractivity contribution is -0.111. The van der Waals surface area contributed by atoms with Crippen molar-refractivity contribution in [2.45, 2.75) is 52.0 Å². The molecule has 230 valence electrons. The van der Waals surface area contributed by atoms with Crippen LogP contribution in [0.5, 0.6) is 0 Å². The Morgan fingerprint density at radius 1 is 1.02 bits per heavy atom. The molecule has 6 rings (SSSR count). The Balaban J connectivity index is 1.14. The first-order chi connectivity index (χ1) is 21.4. The minimum atomic E-state index is -0.217. The van der Waals surface area contributed by atoms with Crippen molar-refractivity contribution in [2.24, 2.45) is 21.8 Å². The minimum Gasteiger partial charge on any atom is -0.370 e. The van der Waals surface area contributed by atoms with Crippen molar-refractivity contribution in [3.05, 3.63) is 72.7 Å². The standard InChI is InChI=1S/C35H44N8O/c1-5-35(44)40-31-21-29(7-10-33(31)42-18-14-26(15-19-42)25-12-16-41(4)17-13-25)39-34-11-8-30(36-23-37-34)27-6-9-32-28(20-27)22-38-43(32)24(2)3/h5-7,9-11,20-26,39H,1,8,12-19H2,2-4H3,(H,40,44). The smallest absolute Gasteiger partial charge is 0.247 e. The summed E-state index contributed by atoms with van der Waals surface area (Å²) in [5.41, 5.74) is 5.80. The number of likely N-dealkylation sites (tertiary alicyclic amines) is 1. The zero-order valence-corrected chi connectivity index (χ0v) is 26.2. The van der Waals surface area contributed by atoms with Gasteiger partial charge in [-0.05, 0) is 120 Å². The number of amides is 1. The number of benzene rings is 2. The van der Waals surface area contributed by atoms with Gasteiger partial charge >= 0.3 is 0 Å². The van der Waals surface area contributed by atoms with E-state index in [9.17, 15) is 4.79 Å². The van der Waals surface area contributed by atoms with Crippen molar-refractivity contribution in [3.63, 3.8) is 0 Å². The zero-order valence-electron chi connectivity index (χ0n) is 26.2. The van der Waals surface area contributed by atoms with Gasteiger partial charge in [0.2, 0.25) is 5.91 Å². The maximum absolute atomic E-state index is 12.4. The van der Waals surface area contributed by atoms with Gasteiger partial charge in [0, 0.05) is 36.6 Å². The molecule has 0 saturated carbocycles. The number of carbonyl (C=O) groups is 1. The number of nitrogens with one attached hydrogen (secondary N) is 2. The van der Waals surface area contributed by atoms with Crippen LogP contribution in [-0.2, 0) is 4.79 Å². The van der Waals surface area contributed by atoms with E-state index in [1.807, 2.05) is 23.0 Å². The van der Waals surface area contributed by atoms with Crippen LogP contribution in [0, 0.1) is 11.8 Å². The number of hydrogen-bond acceptors (Lipinski definition) is 7. The minimum absolute atomic E-state index is 0.217. The van der Waals surface area contributed by atoms with Crippen molar-refractivity contribution in [2.75, 3.05) is 48.8 Å². The molecule has 2 fully saturated rings. The molecule has 1 amide bonds. The van der Waals surface area contributed by atoms with Gasteiger partial charge in [-0.15, -0.1) is 0 Å². The van der Waals surface area contributed by atoms with Gasteiger partial charge in [0.25, 0.3) is 0 Å². The van der Waals surface area contributed by atoms with E-state index in [1.165, 1.54) is 44.8 Å². The largest absolute Gasteiger partial charge is 0.370 e. The fraction of sp³-hybridized carbons (Fsp3) is 0.429. The lowest BCUT2D eigenvalue weighted by Gasteiger charge is -2.40. The van der Waals surface area contributed by atoms with Crippen LogP contribution in [-0.4, -0.2) is 65.9 Å². The summed E-state index contributed by atoms with van der Waals surface area (Å²) in [4.78, 5) is 26.5. The molecule has 0 unspecified atom stereocenters. The Kier molecular flexibility index (Phi) is 8.93. The van der Waals surface area contributed by atoms with Gasteiger partial charge in [-0.2, -0.15) is 5.10 Å². The highest BCUT2D eigenvalue weighted by molar-refractivity contribution is 6.07. The SMILES string of the molecule is C=CC(=O)Nc1cc(NC2=CCC(c3ccc4c(cnn4C(C)C)c3)=NC=N2)ccc1N1CCC(C2CCN(C)CC2)CC1. The zero-order chi connectivity index (χ0) is 30.6. The topological polar surface area (TPSA) is 90.1 Å². The average molecular weight is 593 g/mol. The summed E-state index contributed by atoms with van der Waals surface area (Å²) >= 11 is 0. The maximum atomic E-state index is 12.4. The van der Waals surface area contributed by atoms with Gasteiger partial charge in [-0.25, -0.2) is 9.98 Å². The average Bonchev–Trinajstić information content (AvgIpc) is 3.33. The molecule has 0 bridgehead atoms. The van der Waals surface area contributed by atoms with E-state index < -0.39 is 0 Å². The van der Waals surface area contributed by atoms with Crippen LogP contribution in [0.3, 0.4) is 0 Å². The molecular formula is C35H44N8O. The predicted molar refractivity (Wildman–Crippen MR) is 182 cm³/mol. The highest BCUT2D eigenvalue weighted by atomic mass is 16.1. The summed E-state index contributed by atoms with van der Waals surface area (Å²) in [6.45, 7) is 12.4. The second-order valence-electron chi connectivity index (χ2n) is 12.6. The van der Waals surface area contributed by atoms with Crippen LogP contribution < -0.4 is 15.5 Å². The quantitative estimate of drug-likeness (QED) is 0.293. The maximum Gasteiger partial charge on any atom is 0.247 e. The van der Waals surface area contributed by atoms with Gasteiger partial charge < -0.3 is 20.4 Å². The molecule has 0 atom stereocenters. The molecule has 2 aromatic carbocycles. The number of aromatic nitrogens is 2. The molecule has 44 heavy (non-hydrogen) atoms. The first-order valence-electron chi connectivity index (χ1n) is 15.9. The van der Waals surface area contributed by atoms with E-state index in [-0.39, 0.29) is 5.91 Å². The molecule has 0 aliphatic carbocycles. The Labute approximate surface area is 260 Å². The number of nitrogens with zero attached hydrogens (tertiary/aromatic N) is 6. The van der Waals surface area contributed by atoms with E-state index in [4.69, 9.17) is 0 Å². The lowest BCUT2D eigenvalue weighted by Crippen LogP contribution is -2.40. The number of allylic oxidation sites excluding steroid dienone is 1. The molecule has 9 heteroatoms. The van der Waals surface area contributed by atoms with Crippen LogP contribution in [0.4, 0.5) is 17.1 Å². The lowest BCUT2D eigenvalue weighted by atomic mass is 9.79. The molecule has 3 aliphatic rings. The van der Waals surface area contributed by atoms with Crippen molar-refractivity contribution in [1.82, 2.24) is 14.7 Å². The third-order valence-corrected chi connectivity index (χ3v) is 9.34. The normalized spacial score (nSPS) is 18.7. The monoisotopic (exact) mass is 592 g/mol. The first-order valence-corrected chi connectivity index (χ1v) is 15.9. The predicted octanol–water partition coefficient (Wildman–Crippen LogP) is 6.47. The first kappa shape index (κ1) is 29.8. The number of fused-ring (bicyclic) bond motifs is 1. The highest BCUT2D eigenvalue weighted by Crippen LogP contribution is 2.37. The Hall–Kier alpha value is -4.24. The van der Waals surface area contributed by atoms with Gasteiger partial charge in [0.15, 0.2) is 0 Å². The van der Waals surface area contributed by atoms with Crippen molar-refractivity contribution >= 4 is 45.9 Å². The Morgan fingerprint density at radius 2 is 1.77 bits per heavy atom. The van der Waals surface area contributed by atoms with Crippen molar-refractivity contribution < 1.29 is 4.79 Å². The third kappa shape index (κ3) is 6.63. The molecule has 3 aliphatic heterocycles. The fourth-order valence-corrected chi connectivity index (χ4v) is 6.81. The van der Waals surface area contributed by atoms with E-state index in [0.29, 0.717) is 18.3 Å². The molecular weight excluding hydrogens is 548 g/mol. The van der Waals surface area contributed by atoms with Gasteiger partial charge in [0.1, 0.15) is 12.2 Å². The summed E-state index contributed by atoms with van der Waals surface area (Å²) < 4.78 is 2.03. The van der Waals surface area contributed by atoms with E-state index in [0.717, 1.165) is 64.2 Å². The molecule has 2 N–H and O–H groups in total. The van der Waals surface area contributed by atoms with E-state index >= 15 is 0 Å². The summed E-state index contributed by atoms with van der Waals surface area (Å²) in [5.74, 6) is 2.12. The number of rotatable bonds is 8. The second-order valence-corrected chi connectivity index (χ2v) is 12.6. The van der Waals surface area contributed by atoms with Gasteiger partial charge in [-0.1, -0.05) is 12.6 Å². The van der Waals surface area contributed by atoms with Crippen molar-refractivity contribution in [1.29, 1.82) is 0 Å². The highest BCUT2D eigenvalue weighted by Gasteiger charge is 2.29. The van der Waals surface area contributed by atoms with Crippen LogP contribution in [0.1, 0.15) is 57.6 Å². The molecule has 0 radical (unpaired) electrons. The summed E-state index contributed by atoms with van der Waals surface area (Å²) in [7, 11) is 2.23. The number of anilines is 3. The summed E-state index contributed by atoms with van der Waals surface area (Å²) in [6, 6.07) is 12.8. The Bertz CT molecular complexity index is 1600. The molecule has 4 heterocycles. The van der Waals surface area contributed by atoms with Crippen LogP contribution in [0.2, 0.25) is 0 Å². The number of carbonyl (C=O) groups excluding carboxylic acids is 1. The van der Waals surface area contributed by atoms with Crippen LogP contribution in [0.25, 0.3) is 10.9 Å². The number of hydrogen-bond donors (Lipinski definition) is 2. The summed E-state index contributed by atoms with van der Waals surface area (Å²) in [5, 5.41) is 12.1. The van der Waals surface area contributed by atoms with E-state index in [2.05, 4.69) is 93.3 Å². The summed E-state index contributed by atoms with van der Waals surface area (Å²) in [6.07, 6.45) is 12.5. The number of aliphatic imine (C=N–C) groups is 2. The molecule has 9 nitrogen and oxygen atoms in total. The Morgan fingerprint density at radius 3 is 2.50 bits per heavy atom. The van der Waals surface area contributed by atoms with Crippen LogP contribution >= 0.6 is 0 Å². The van der Waals surface area contributed by atoms with Crippen molar-refractivity contribution in [3.8, 4) is 0 Å². The number of piperidine rings is 2. The molecule has 3 aromatic rings. The van der Waals surface area contributed by atoms with Gasteiger partial charge in [0.05, 0.1) is 28.8 Å². The molecule has 2 saturated heterocycles. The van der Waals surface area contributed by atoms with E-state index in [1.54, 1.807) is 6.34 Å². The third-order valence-electron chi connectivity index (χ3n) is 9.34. The molecule has 0 spiro atoms. The molecule has 1 aromatic heterocycles. The van der Waals surface area contributed by atoms with Crippen LogP contribution in [0.15, 0.2) is 77.1 Å². The second kappa shape index (κ2) is 13.2. The fourth-order valence-electron chi connectivity index (χ4n) is 6.81. The van der Waals surface area contributed by atoms with Gasteiger partial charge in [-0.3, -0.25) is 9.48 Å².